The number of nitrogens with two attached hydrogens (primary N) is 2. The van der Waals surface area contributed by atoms with Crippen LogP contribution in [0.2, 0.25) is 0 Å². The summed E-state index contributed by atoms with van der Waals surface area (Å²) in [5.74, 6) is -2.23. The summed E-state index contributed by atoms with van der Waals surface area (Å²) in [6.07, 6.45) is 4.93. The van der Waals surface area contributed by atoms with E-state index < -0.39 is 29.9 Å². The molecule has 1 heterocycles. The van der Waals surface area contributed by atoms with Crippen LogP contribution >= 0.6 is 0 Å². The molecule has 2 atom stereocenters. The number of carbonyl (C=O) groups excluding carboxylic acids is 2. The first-order chi connectivity index (χ1) is 11.9. The third-order valence-electron chi connectivity index (χ3n) is 3.57. The molecule has 149 valence electrons. The van der Waals surface area contributed by atoms with Gasteiger partial charge in [0.1, 0.15) is 12.1 Å². The van der Waals surface area contributed by atoms with Crippen LogP contribution in [0.15, 0.2) is 12.5 Å². The number of aromatic nitrogens is 2. The Labute approximate surface area is 162 Å². The molecule has 0 aliphatic heterocycles. The first kappa shape index (κ1) is 24.1. The quantitative estimate of drug-likeness (QED) is 0.207. The summed E-state index contributed by atoms with van der Waals surface area (Å²) in [5, 5.41) is 14.2. The standard InChI is InChI=1S/C15H26N6O4.Cu/c1-21-8-10(18-9-21)6-12(19-13(22)7-17)14(23)20-11(15(24)25)4-2-3-5-16;/h8-9,11-12H,2-7,16-17H2,1H3,(H,19,22)(H,20,23)(H,24,25);/q;+2. The minimum atomic E-state index is -1.13. The van der Waals surface area contributed by atoms with E-state index in [1.807, 2.05) is 0 Å². The van der Waals surface area contributed by atoms with Gasteiger partial charge in [0.05, 0.1) is 18.6 Å². The van der Waals surface area contributed by atoms with Crippen LogP contribution in [0.5, 0.6) is 0 Å². The molecule has 0 bridgehead atoms. The average Bonchev–Trinajstić information content (AvgIpc) is 2.98. The molecule has 0 aliphatic carbocycles. The Morgan fingerprint density at radius 1 is 1.23 bits per heavy atom. The molecule has 1 aromatic rings. The molecule has 1 aromatic heterocycles. The third-order valence-corrected chi connectivity index (χ3v) is 3.57. The topological polar surface area (TPSA) is 165 Å². The number of hydrogen-bond donors (Lipinski definition) is 5. The zero-order chi connectivity index (χ0) is 18.8. The second-order valence-corrected chi connectivity index (χ2v) is 5.74. The maximum absolute atomic E-state index is 12.5. The minimum absolute atomic E-state index is 0. The second kappa shape index (κ2) is 12.4. The first-order valence-corrected chi connectivity index (χ1v) is 8.06. The maximum Gasteiger partial charge on any atom is 2.00 e. The fraction of sp³-hybridized carbons (Fsp3) is 0.600. The van der Waals surface area contributed by atoms with Crippen LogP contribution < -0.4 is 22.1 Å². The molecule has 1 rings (SSSR count). The van der Waals surface area contributed by atoms with Crippen molar-refractivity contribution in [2.45, 2.75) is 37.8 Å². The fourth-order valence-electron chi connectivity index (χ4n) is 2.27. The van der Waals surface area contributed by atoms with Crippen molar-refractivity contribution in [1.29, 1.82) is 0 Å². The van der Waals surface area contributed by atoms with Gasteiger partial charge in [0, 0.05) is 19.7 Å². The molecule has 0 aliphatic rings. The molecule has 7 N–H and O–H groups in total. The average molecular weight is 418 g/mol. The number of carbonyl (C=O) groups is 3. The molecule has 0 aromatic carbocycles. The summed E-state index contributed by atoms with van der Waals surface area (Å²) in [7, 11) is 1.78. The molecule has 0 saturated heterocycles. The summed E-state index contributed by atoms with van der Waals surface area (Å²) >= 11 is 0. The Morgan fingerprint density at radius 2 is 1.92 bits per heavy atom. The number of carboxylic acids is 1. The molecular weight excluding hydrogens is 392 g/mol. The Balaban J connectivity index is 0.00000625. The molecule has 26 heavy (non-hydrogen) atoms. The van der Waals surface area contributed by atoms with Gasteiger partial charge >= 0.3 is 23.0 Å². The Bertz CT molecular complexity index is 594. The van der Waals surface area contributed by atoms with Crippen LogP contribution in [0.1, 0.15) is 25.0 Å². The number of nitrogens with one attached hydrogen (secondary N) is 2. The summed E-state index contributed by atoms with van der Waals surface area (Å²) in [5.41, 5.74) is 11.3. The van der Waals surface area contributed by atoms with Gasteiger partial charge in [-0.2, -0.15) is 0 Å². The Kier molecular flexibility index (Phi) is 11.5. The summed E-state index contributed by atoms with van der Waals surface area (Å²) in [4.78, 5) is 39.5. The number of nitrogens with zero attached hydrogens (tertiary/aromatic N) is 2. The van der Waals surface area contributed by atoms with Gasteiger partial charge in [0.25, 0.3) is 0 Å². The minimum Gasteiger partial charge on any atom is -0.480 e. The molecule has 0 spiro atoms. The van der Waals surface area contributed by atoms with Gasteiger partial charge in [-0.15, -0.1) is 0 Å². The van der Waals surface area contributed by atoms with Crippen LogP contribution in [0.3, 0.4) is 0 Å². The van der Waals surface area contributed by atoms with E-state index in [4.69, 9.17) is 11.5 Å². The largest absolute Gasteiger partial charge is 2.00 e. The predicted octanol–water partition coefficient (Wildman–Crippen LogP) is -1.90. The number of rotatable bonds is 11. The van der Waals surface area contributed by atoms with Gasteiger partial charge in [0.2, 0.25) is 11.8 Å². The fourth-order valence-corrected chi connectivity index (χ4v) is 2.27. The summed E-state index contributed by atoms with van der Waals surface area (Å²) in [6, 6.07) is -2.00. The van der Waals surface area contributed by atoms with E-state index in [-0.39, 0.29) is 36.5 Å². The molecular formula is C15H26CuN6O4+2. The van der Waals surface area contributed by atoms with Crippen molar-refractivity contribution in [3.05, 3.63) is 18.2 Å². The van der Waals surface area contributed by atoms with E-state index in [9.17, 15) is 19.5 Å². The van der Waals surface area contributed by atoms with Crippen molar-refractivity contribution < 1.29 is 36.6 Å². The van der Waals surface area contributed by atoms with E-state index in [2.05, 4.69) is 15.6 Å². The maximum atomic E-state index is 12.5. The number of aliphatic carboxylic acids is 1. The molecule has 2 unspecified atom stereocenters. The second-order valence-electron chi connectivity index (χ2n) is 5.74. The van der Waals surface area contributed by atoms with E-state index in [1.54, 1.807) is 24.1 Å². The molecule has 0 saturated carbocycles. The zero-order valence-corrected chi connectivity index (χ0v) is 15.5. The van der Waals surface area contributed by atoms with Crippen molar-refractivity contribution in [3.8, 4) is 0 Å². The summed E-state index contributed by atoms with van der Waals surface area (Å²) in [6.45, 7) is 0.181. The van der Waals surface area contributed by atoms with Crippen LogP contribution in [-0.4, -0.2) is 57.6 Å². The number of aryl methyl sites for hydroxylation is 1. The summed E-state index contributed by atoms with van der Waals surface area (Å²) < 4.78 is 1.71. The Hall–Kier alpha value is -1.94. The van der Waals surface area contributed by atoms with Gasteiger partial charge in [-0.25, -0.2) is 9.78 Å². The number of amides is 2. The van der Waals surface area contributed by atoms with Crippen LogP contribution in [0.4, 0.5) is 0 Å². The van der Waals surface area contributed by atoms with Crippen molar-refractivity contribution in [2.75, 3.05) is 13.1 Å². The normalized spacial score (nSPS) is 12.6. The molecule has 11 heteroatoms. The predicted molar refractivity (Wildman–Crippen MR) is 90.4 cm³/mol. The monoisotopic (exact) mass is 417 g/mol. The van der Waals surface area contributed by atoms with Crippen LogP contribution in [0.25, 0.3) is 0 Å². The molecule has 1 radical (unpaired) electrons. The van der Waals surface area contributed by atoms with Gasteiger partial charge in [-0.05, 0) is 25.8 Å². The number of carboxylic acid groups (broad SMARTS) is 1. The van der Waals surface area contributed by atoms with E-state index in [0.29, 0.717) is 25.1 Å². The number of imidazole rings is 1. The van der Waals surface area contributed by atoms with Crippen molar-refractivity contribution in [1.82, 2.24) is 20.2 Å². The first-order valence-electron chi connectivity index (χ1n) is 8.06. The molecule has 0 fully saturated rings. The van der Waals surface area contributed by atoms with Gasteiger partial charge in [-0.3, -0.25) is 9.59 Å². The van der Waals surface area contributed by atoms with E-state index in [1.165, 1.54) is 0 Å². The smallest absolute Gasteiger partial charge is 0.480 e. The molecule has 2 amide bonds. The zero-order valence-electron chi connectivity index (χ0n) is 14.6. The van der Waals surface area contributed by atoms with Crippen molar-refractivity contribution in [3.63, 3.8) is 0 Å². The SMILES string of the molecule is Cn1cnc(CC(NC(=O)CN)C(=O)NC(CCCCN)C(=O)O)c1.[Cu+2]. The van der Waals surface area contributed by atoms with Crippen LogP contribution in [-0.2, 0) is 44.9 Å². The van der Waals surface area contributed by atoms with E-state index >= 15 is 0 Å². The van der Waals surface area contributed by atoms with Gasteiger partial charge in [-0.1, -0.05) is 0 Å². The van der Waals surface area contributed by atoms with Crippen molar-refractivity contribution in [2.24, 2.45) is 18.5 Å². The van der Waals surface area contributed by atoms with Crippen molar-refractivity contribution >= 4 is 17.8 Å². The van der Waals surface area contributed by atoms with Crippen LogP contribution in [0, 0.1) is 0 Å². The third kappa shape index (κ3) is 8.43. The van der Waals surface area contributed by atoms with Gasteiger partial charge in [0.15, 0.2) is 0 Å². The number of hydrogen-bond acceptors (Lipinski definition) is 6. The number of unbranched alkanes of at least 4 members (excludes halogenated alkanes) is 1. The van der Waals surface area contributed by atoms with E-state index in [0.717, 1.165) is 0 Å². The Morgan fingerprint density at radius 3 is 2.42 bits per heavy atom. The van der Waals surface area contributed by atoms with Gasteiger partial charge < -0.3 is 31.8 Å². The molecule has 10 nitrogen and oxygen atoms in total.